The second-order valence-electron chi connectivity index (χ2n) is 7.19. The maximum Gasteiger partial charge on any atom is 0.325 e. The SMILES string of the molecule is C[C@@]1(c2ccc3ccccc3c2)NC(=O)N(CC(=O)NCCc2cccs2)C1=O. The van der Waals surface area contributed by atoms with Gasteiger partial charge < -0.3 is 10.6 Å². The lowest BCUT2D eigenvalue weighted by Gasteiger charge is -2.22. The largest absolute Gasteiger partial charge is 0.354 e. The Morgan fingerprint density at radius 2 is 1.90 bits per heavy atom. The average molecular weight is 407 g/mol. The van der Waals surface area contributed by atoms with Crippen LogP contribution in [0.15, 0.2) is 60.0 Å². The van der Waals surface area contributed by atoms with Crippen molar-refractivity contribution in [3.05, 3.63) is 70.4 Å². The topological polar surface area (TPSA) is 78.5 Å². The van der Waals surface area contributed by atoms with Gasteiger partial charge in [0.25, 0.3) is 5.91 Å². The highest BCUT2D eigenvalue weighted by atomic mass is 32.1. The molecule has 1 aliphatic rings. The Morgan fingerprint density at radius 3 is 2.66 bits per heavy atom. The smallest absolute Gasteiger partial charge is 0.325 e. The van der Waals surface area contributed by atoms with Crippen LogP contribution in [0, 0.1) is 0 Å². The summed E-state index contributed by atoms with van der Waals surface area (Å²) in [5.41, 5.74) is -0.506. The van der Waals surface area contributed by atoms with Gasteiger partial charge in [0.15, 0.2) is 0 Å². The molecular formula is C22H21N3O3S. The van der Waals surface area contributed by atoms with Crippen LogP contribution in [-0.2, 0) is 21.5 Å². The minimum Gasteiger partial charge on any atom is -0.354 e. The lowest BCUT2D eigenvalue weighted by Crippen LogP contribution is -2.43. The molecule has 2 aromatic carbocycles. The van der Waals surface area contributed by atoms with Gasteiger partial charge >= 0.3 is 6.03 Å². The first-order chi connectivity index (χ1) is 14.0. The number of urea groups is 1. The molecule has 29 heavy (non-hydrogen) atoms. The Bertz CT molecular complexity index is 1080. The fourth-order valence-corrected chi connectivity index (χ4v) is 4.22. The number of benzene rings is 2. The van der Waals surface area contributed by atoms with Crippen molar-refractivity contribution < 1.29 is 14.4 Å². The van der Waals surface area contributed by atoms with Crippen molar-refractivity contribution in [2.75, 3.05) is 13.1 Å². The van der Waals surface area contributed by atoms with Gasteiger partial charge in [0.2, 0.25) is 5.91 Å². The third-order valence-electron chi connectivity index (χ3n) is 5.18. The second-order valence-corrected chi connectivity index (χ2v) is 8.22. The number of imide groups is 1. The zero-order valence-electron chi connectivity index (χ0n) is 16.0. The van der Waals surface area contributed by atoms with Crippen molar-refractivity contribution in [2.24, 2.45) is 0 Å². The molecule has 1 fully saturated rings. The number of rotatable bonds is 6. The Kier molecular flexibility index (Phi) is 5.07. The number of amides is 4. The molecule has 0 bridgehead atoms. The van der Waals surface area contributed by atoms with Crippen molar-refractivity contribution in [3.8, 4) is 0 Å². The van der Waals surface area contributed by atoms with E-state index in [1.54, 1.807) is 18.3 Å². The fraction of sp³-hybridized carbons (Fsp3) is 0.227. The van der Waals surface area contributed by atoms with Crippen LogP contribution < -0.4 is 10.6 Å². The van der Waals surface area contributed by atoms with Gasteiger partial charge in [0.1, 0.15) is 12.1 Å². The highest BCUT2D eigenvalue weighted by Crippen LogP contribution is 2.30. The van der Waals surface area contributed by atoms with E-state index in [9.17, 15) is 14.4 Å². The molecule has 6 nitrogen and oxygen atoms in total. The molecule has 0 aliphatic carbocycles. The van der Waals surface area contributed by atoms with Gasteiger partial charge in [0, 0.05) is 11.4 Å². The molecule has 1 saturated heterocycles. The van der Waals surface area contributed by atoms with Crippen LogP contribution >= 0.6 is 11.3 Å². The summed E-state index contributed by atoms with van der Waals surface area (Å²) in [5, 5.41) is 9.55. The molecule has 7 heteroatoms. The summed E-state index contributed by atoms with van der Waals surface area (Å²) >= 11 is 1.63. The third kappa shape index (κ3) is 3.73. The van der Waals surface area contributed by atoms with E-state index in [2.05, 4.69) is 10.6 Å². The molecule has 3 aromatic rings. The van der Waals surface area contributed by atoms with E-state index in [1.165, 1.54) is 4.88 Å². The Morgan fingerprint density at radius 1 is 1.10 bits per heavy atom. The molecule has 4 amide bonds. The van der Waals surface area contributed by atoms with Crippen LogP contribution in [0.4, 0.5) is 4.79 Å². The lowest BCUT2D eigenvalue weighted by molar-refractivity contribution is -0.134. The number of nitrogens with one attached hydrogen (secondary N) is 2. The van der Waals surface area contributed by atoms with Gasteiger partial charge in [-0.2, -0.15) is 0 Å². The molecule has 4 rings (SSSR count). The Labute approximate surface area is 172 Å². The van der Waals surface area contributed by atoms with Crippen molar-refractivity contribution in [1.29, 1.82) is 0 Å². The first-order valence-electron chi connectivity index (χ1n) is 9.40. The number of nitrogens with zero attached hydrogens (tertiary/aromatic N) is 1. The quantitative estimate of drug-likeness (QED) is 0.617. The number of fused-ring (bicyclic) bond motifs is 1. The fourth-order valence-electron chi connectivity index (χ4n) is 3.52. The van der Waals surface area contributed by atoms with Gasteiger partial charge in [-0.15, -0.1) is 11.3 Å². The summed E-state index contributed by atoms with van der Waals surface area (Å²) < 4.78 is 0. The van der Waals surface area contributed by atoms with Gasteiger partial charge in [-0.1, -0.05) is 42.5 Å². The van der Waals surface area contributed by atoms with E-state index >= 15 is 0 Å². The summed E-state index contributed by atoms with van der Waals surface area (Å²) in [6, 6.07) is 16.9. The van der Waals surface area contributed by atoms with Crippen molar-refractivity contribution in [1.82, 2.24) is 15.5 Å². The minimum absolute atomic E-state index is 0.293. The van der Waals surface area contributed by atoms with Crippen molar-refractivity contribution >= 4 is 40.0 Å². The van der Waals surface area contributed by atoms with Gasteiger partial charge in [0.05, 0.1) is 0 Å². The molecule has 1 aliphatic heterocycles. The van der Waals surface area contributed by atoms with Crippen LogP contribution in [0.25, 0.3) is 10.8 Å². The van der Waals surface area contributed by atoms with Crippen molar-refractivity contribution in [2.45, 2.75) is 18.9 Å². The van der Waals surface area contributed by atoms with E-state index in [1.807, 2.05) is 60.0 Å². The lowest BCUT2D eigenvalue weighted by atomic mass is 9.90. The molecular weight excluding hydrogens is 386 g/mol. The molecule has 0 saturated carbocycles. The third-order valence-corrected chi connectivity index (χ3v) is 6.11. The summed E-state index contributed by atoms with van der Waals surface area (Å²) in [7, 11) is 0. The molecule has 0 spiro atoms. The molecule has 0 radical (unpaired) electrons. The summed E-state index contributed by atoms with van der Waals surface area (Å²) in [6.45, 7) is 1.84. The van der Waals surface area contributed by atoms with Gasteiger partial charge in [-0.3, -0.25) is 14.5 Å². The molecule has 1 atom stereocenters. The van der Waals surface area contributed by atoms with Crippen LogP contribution in [0.3, 0.4) is 0 Å². The van der Waals surface area contributed by atoms with E-state index < -0.39 is 17.5 Å². The van der Waals surface area contributed by atoms with Crippen LogP contribution in [0.2, 0.25) is 0 Å². The van der Waals surface area contributed by atoms with Gasteiger partial charge in [-0.25, -0.2) is 4.79 Å². The second kappa shape index (κ2) is 7.67. The molecule has 1 aromatic heterocycles. The number of hydrogen-bond acceptors (Lipinski definition) is 4. The molecule has 2 N–H and O–H groups in total. The highest BCUT2D eigenvalue weighted by Gasteiger charge is 2.49. The number of hydrogen-bond donors (Lipinski definition) is 2. The average Bonchev–Trinajstić information content (AvgIpc) is 3.31. The predicted octanol–water partition coefficient (Wildman–Crippen LogP) is 3.03. The number of carbonyl (C=O) groups is 3. The van der Waals surface area contributed by atoms with E-state index in [4.69, 9.17) is 0 Å². The molecule has 2 heterocycles. The monoisotopic (exact) mass is 407 g/mol. The first-order valence-corrected chi connectivity index (χ1v) is 10.3. The summed E-state index contributed by atoms with van der Waals surface area (Å²) in [5.74, 6) is -0.779. The van der Waals surface area contributed by atoms with E-state index in [0.717, 1.165) is 22.1 Å². The standard InChI is InChI=1S/C22H21N3O3S/c1-22(17-9-8-15-5-2-3-6-16(15)13-17)20(27)25(21(28)24-22)14-19(26)23-11-10-18-7-4-12-29-18/h2-9,12-13H,10-11,14H2,1H3,(H,23,26)(H,24,28)/t22-/m0/s1. The number of thiophene rings is 1. The van der Waals surface area contributed by atoms with Crippen LogP contribution in [-0.4, -0.2) is 35.8 Å². The maximum absolute atomic E-state index is 13.0. The zero-order chi connectivity index (χ0) is 20.4. The Hall–Kier alpha value is -3.19. The van der Waals surface area contributed by atoms with Gasteiger partial charge in [-0.05, 0) is 47.2 Å². The molecule has 0 unspecified atom stereocenters. The number of carbonyl (C=O) groups excluding carboxylic acids is 3. The van der Waals surface area contributed by atoms with Crippen LogP contribution in [0.1, 0.15) is 17.4 Å². The molecule has 148 valence electrons. The highest BCUT2D eigenvalue weighted by molar-refractivity contribution is 7.09. The first kappa shape index (κ1) is 19.1. The zero-order valence-corrected chi connectivity index (χ0v) is 16.8. The summed E-state index contributed by atoms with van der Waals surface area (Å²) in [6.07, 6.45) is 0.721. The minimum atomic E-state index is -1.20. The Balaban J connectivity index is 1.45. The predicted molar refractivity (Wildman–Crippen MR) is 113 cm³/mol. The van der Waals surface area contributed by atoms with E-state index in [0.29, 0.717) is 12.1 Å². The normalized spacial score (nSPS) is 18.9. The van der Waals surface area contributed by atoms with E-state index in [-0.39, 0.29) is 12.5 Å². The maximum atomic E-state index is 13.0. The van der Waals surface area contributed by atoms with Crippen LogP contribution in [0.5, 0.6) is 0 Å². The summed E-state index contributed by atoms with van der Waals surface area (Å²) in [4.78, 5) is 39.9. The van der Waals surface area contributed by atoms with Crippen molar-refractivity contribution in [3.63, 3.8) is 0 Å².